The summed E-state index contributed by atoms with van der Waals surface area (Å²) in [5, 5.41) is 3.29. The highest BCUT2D eigenvalue weighted by atomic mass is 15.1. The van der Waals surface area contributed by atoms with Crippen molar-refractivity contribution in [2.75, 3.05) is 4.90 Å². The van der Waals surface area contributed by atoms with Gasteiger partial charge in [-0.3, -0.25) is 4.98 Å². The van der Waals surface area contributed by atoms with Crippen molar-refractivity contribution in [3.63, 3.8) is 0 Å². The molecule has 0 saturated carbocycles. The van der Waals surface area contributed by atoms with Gasteiger partial charge in [-0.25, -0.2) is 4.98 Å². The van der Waals surface area contributed by atoms with Gasteiger partial charge in [0.15, 0.2) is 0 Å². The number of para-hydroxylation sites is 1. The van der Waals surface area contributed by atoms with Crippen LogP contribution in [0.3, 0.4) is 0 Å². The maximum absolute atomic E-state index is 5.14. The highest BCUT2D eigenvalue weighted by molar-refractivity contribution is 6.16. The monoisotopic (exact) mass is 625 g/mol. The van der Waals surface area contributed by atoms with E-state index in [4.69, 9.17) is 9.97 Å². The van der Waals surface area contributed by atoms with Crippen molar-refractivity contribution in [2.45, 2.75) is 0 Å². The van der Waals surface area contributed by atoms with Crippen LogP contribution >= 0.6 is 0 Å². The number of nitrogens with zero attached hydrogens (tertiary/aromatic N) is 3. The average Bonchev–Trinajstić information content (AvgIpc) is 3.18. The van der Waals surface area contributed by atoms with E-state index in [1.165, 1.54) is 22.3 Å². The fourth-order valence-electron chi connectivity index (χ4n) is 6.92. The van der Waals surface area contributed by atoms with Crippen molar-refractivity contribution in [1.29, 1.82) is 0 Å². The Balaban J connectivity index is 1.22. The molecule has 0 spiro atoms. The molecule has 0 N–H and O–H groups in total. The van der Waals surface area contributed by atoms with Gasteiger partial charge in [-0.05, 0) is 76.3 Å². The maximum atomic E-state index is 5.14. The molecule has 0 bridgehead atoms. The number of benzene rings is 7. The Kier molecular flexibility index (Phi) is 7.14. The topological polar surface area (TPSA) is 29.0 Å². The van der Waals surface area contributed by atoms with Crippen molar-refractivity contribution in [3.05, 3.63) is 188 Å². The fourth-order valence-corrected chi connectivity index (χ4v) is 6.92. The number of pyridine rings is 2. The summed E-state index contributed by atoms with van der Waals surface area (Å²) in [6, 6.07) is 64.5. The molecule has 9 aromatic rings. The minimum Gasteiger partial charge on any atom is -0.310 e. The summed E-state index contributed by atoms with van der Waals surface area (Å²) in [4.78, 5) is 12.2. The smallest absolute Gasteiger partial charge is 0.0978 e. The molecule has 9 rings (SSSR count). The first-order valence-corrected chi connectivity index (χ1v) is 16.6. The van der Waals surface area contributed by atoms with Crippen molar-refractivity contribution < 1.29 is 0 Å². The van der Waals surface area contributed by atoms with Crippen LogP contribution in [0.5, 0.6) is 0 Å². The van der Waals surface area contributed by atoms with Gasteiger partial charge < -0.3 is 4.90 Å². The Morgan fingerprint density at radius 1 is 0.367 bits per heavy atom. The zero-order valence-electron chi connectivity index (χ0n) is 26.7. The molecule has 49 heavy (non-hydrogen) atoms. The van der Waals surface area contributed by atoms with E-state index in [2.05, 4.69) is 181 Å². The molecule has 0 saturated heterocycles. The van der Waals surface area contributed by atoms with E-state index in [0.29, 0.717) is 0 Å². The molecule has 2 aromatic heterocycles. The van der Waals surface area contributed by atoms with E-state index in [9.17, 15) is 0 Å². The lowest BCUT2D eigenvalue weighted by Crippen LogP contribution is -2.10. The second-order valence-corrected chi connectivity index (χ2v) is 12.3. The molecule has 0 fully saturated rings. The predicted octanol–water partition coefficient (Wildman–Crippen LogP) is 12.4. The lowest BCUT2D eigenvalue weighted by atomic mass is 9.94. The predicted molar refractivity (Wildman–Crippen MR) is 206 cm³/mol. The summed E-state index contributed by atoms with van der Waals surface area (Å²) >= 11 is 0. The molecule has 0 aliphatic carbocycles. The van der Waals surface area contributed by atoms with Gasteiger partial charge in [0.05, 0.1) is 16.6 Å². The molecular weight excluding hydrogens is 595 g/mol. The molecule has 0 amide bonds. The van der Waals surface area contributed by atoms with Crippen LogP contribution in [-0.4, -0.2) is 9.97 Å². The molecule has 230 valence electrons. The Morgan fingerprint density at radius 3 is 1.63 bits per heavy atom. The number of hydrogen-bond donors (Lipinski definition) is 0. The molecule has 7 aromatic carbocycles. The normalized spacial score (nSPS) is 11.3. The summed E-state index contributed by atoms with van der Waals surface area (Å²) in [6.45, 7) is 0. The third kappa shape index (κ3) is 5.28. The molecule has 0 aliphatic rings. The Labute approximate surface area is 285 Å². The number of fused-ring (bicyclic) bond motifs is 4. The van der Waals surface area contributed by atoms with Gasteiger partial charge in [-0.15, -0.1) is 0 Å². The van der Waals surface area contributed by atoms with Gasteiger partial charge in [0.2, 0.25) is 0 Å². The summed E-state index contributed by atoms with van der Waals surface area (Å²) < 4.78 is 0. The zero-order chi connectivity index (χ0) is 32.6. The molecular formula is C46H31N3. The van der Waals surface area contributed by atoms with Crippen LogP contribution in [0.25, 0.3) is 66.1 Å². The molecule has 0 unspecified atom stereocenters. The van der Waals surface area contributed by atoms with E-state index in [1.54, 1.807) is 0 Å². The van der Waals surface area contributed by atoms with Gasteiger partial charge in [0.25, 0.3) is 0 Å². The third-order valence-electron chi connectivity index (χ3n) is 9.28. The van der Waals surface area contributed by atoms with Gasteiger partial charge in [0.1, 0.15) is 0 Å². The molecule has 3 nitrogen and oxygen atoms in total. The van der Waals surface area contributed by atoms with E-state index in [-0.39, 0.29) is 0 Å². The third-order valence-corrected chi connectivity index (χ3v) is 9.28. The standard InChI is InChI=1S/C46H31N3/c1-3-11-32(12-4-1)34-20-25-38(26-21-34)49(39-27-22-35(23-28-39)33-13-5-2-6-14-33)40-17-9-15-37(31-40)44-41-18-7-8-19-43(41)48-46-42(44)29-24-36-16-10-30-47-45(36)46/h1-31H. The van der Waals surface area contributed by atoms with Gasteiger partial charge in [-0.1, -0.05) is 133 Å². The lowest BCUT2D eigenvalue weighted by molar-refractivity contribution is 1.28. The maximum Gasteiger partial charge on any atom is 0.0978 e. The van der Waals surface area contributed by atoms with Gasteiger partial charge >= 0.3 is 0 Å². The first-order valence-electron chi connectivity index (χ1n) is 16.6. The minimum atomic E-state index is 0.918. The second-order valence-electron chi connectivity index (χ2n) is 12.3. The van der Waals surface area contributed by atoms with Crippen LogP contribution in [0.2, 0.25) is 0 Å². The Morgan fingerprint density at radius 2 is 0.959 bits per heavy atom. The van der Waals surface area contributed by atoms with Crippen molar-refractivity contribution in [3.8, 4) is 33.4 Å². The van der Waals surface area contributed by atoms with E-state index >= 15 is 0 Å². The van der Waals surface area contributed by atoms with Crippen LogP contribution in [0.15, 0.2) is 188 Å². The lowest BCUT2D eigenvalue weighted by Gasteiger charge is -2.27. The Bertz CT molecular complexity index is 2490. The van der Waals surface area contributed by atoms with Crippen LogP contribution in [0.4, 0.5) is 17.1 Å². The highest BCUT2D eigenvalue weighted by Gasteiger charge is 2.18. The van der Waals surface area contributed by atoms with Crippen LogP contribution in [-0.2, 0) is 0 Å². The fraction of sp³-hybridized carbons (Fsp3) is 0. The number of aromatic nitrogens is 2. The van der Waals surface area contributed by atoms with Crippen molar-refractivity contribution in [2.24, 2.45) is 0 Å². The first-order chi connectivity index (χ1) is 24.3. The molecule has 2 heterocycles. The summed E-state index contributed by atoms with van der Waals surface area (Å²) in [7, 11) is 0. The van der Waals surface area contributed by atoms with Crippen molar-refractivity contribution in [1.82, 2.24) is 9.97 Å². The SMILES string of the molecule is c1ccc(-c2ccc(N(c3ccc(-c4ccccc4)cc3)c3cccc(-c4c5ccccc5nc5c4ccc4cccnc45)c3)cc2)cc1. The Hall–Kier alpha value is -6.58. The number of anilines is 3. The van der Waals surface area contributed by atoms with Crippen LogP contribution in [0.1, 0.15) is 0 Å². The van der Waals surface area contributed by atoms with Gasteiger partial charge in [0, 0.05) is 45.0 Å². The molecule has 3 heteroatoms. The van der Waals surface area contributed by atoms with E-state index in [0.717, 1.165) is 60.9 Å². The summed E-state index contributed by atoms with van der Waals surface area (Å²) in [6.07, 6.45) is 1.85. The van der Waals surface area contributed by atoms with Crippen LogP contribution < -0.4 is 4.90 Å². The second kappa shape index (κ2) is 12.2. The van der Waals surface area contributed by atoms with E-state index in [1.807, 2.05) is 12.3 Å². The number of hydrogen-bond acceptors (Lipinski definition) is 3. The summed E-state index contributed by atoms with van der Waals surface area (Å²) in [5.74, 6) is 0. The van der Waals surface area contributed by atoms with E-state index < -0.39 is 0 Å². The number of rotatable bonds is 6. The minimum absolute atomic E-state index is 0.918. The van der Waals surface area contributed by atoms with Crippen LogP contribution in [0, 0.1) is 0 Å². The molecule has 0 radical (unpaired) electrons. The highest BCUT2D eigenvalue weighted by Crippen LogP contribution is 2.41. The summed E-state index contributed by atoms with van der Waals surface area (Å²) in [5.41, 5.74) is 13.1. The quantitative estimate of drug-likeness (QED) is 0.136. The zero-order valence-corrected chi connectivity index (χ0v) is 26.7. The largest absolute Gasteiger partial charge is 0.310 e. The molecule has 0 atom stereocenters. The van der Waals surface area contributed by atoms with Crippen molar-refractivity contribution >= 4 is 49.8 Å². The van der Waals surface area contributed by atoms with Gasteiger partial charge in [-0.2, -0.15) is 0 Å². The molecule has 0 aliphatic heterocycles. The first kappa shape index (κ1) is 28.6. The average molecular weight is 626 g/mol.